The Morgan fingerprint density at radius 3 is 2.06 bits per heavy atom. The highest BCUT2D eigenvalue weighted by Crippen LogP contribution is 2.16. The van der Waals surface area contributed by atoms with Gasteiger partial charge in [-0.3, -0.25) is 4.79 Å². The van der Waals surface area contributed by atoms with E-state index in [1.807, 2.05) is 13.8 Å². The van der Waals surface area contributed by atoms with Crippen LogP contribution in [-0.2, 0) is 9.53 Å². The minimum absolute atomic E-state index is 0.00644. The molecule has 0 radical (unpaired) electrons. The molecule has 0 spiro atoms. The number of ether oxygens (including phenoxy) is 1. The summed E-state index contributed by atoms with van der Waals surface area (Å²) in [4.78, 5) is 12.1. The second-order valence-corrected chi connectivity index (χ2v) is 4.31. The molecule has 0 aliphatic carbocycles. The van der Waals surface area contributed by atoms with Gasteiger partial charge in [-0.05, 0) is 33.1 Å². The molecule has 0 saturated carbocycles. The van der Waals surface area contributed by atoms with Gasteiger partial charge in [-0.25, -0.2) is 0 Å². The SMILES string of the molecule is CC/C(C(=O)NC(C)(CC)CC)=C(/C)OC. The summed E-state index contributed by atoms with van der Waals surface area (Å²) in [5.74, 6) is 0.697. The number of carbonyl (C=O) groups excluding carboxylic acids is 1. The number of carbonyl (C=O) groups is 1. The van der Waals surface area contributed by atoms with Gasteiger partial charge in [0.2, 0.25) is 0 Å². The molecule has 1 N–H and O–H groups in total. The summed E-state index contributed by atoms with van der Waals surface area (Å²) in [5, 5.41) is 3.08. The normalized spacial score (nSPS) is 13.1. The van der Waals surface area contributed by atoms with Gasteiger partial charge in [0.1, 0.15) is 5.76 Å². The monoisotopic (exact) mass is 227 g/mol. The lowest BCUT2D eigenvalue weighted by molar-refractivity contribution is -0.119. The van der Waals surface area contributed by atoms with Crippen LogP contribution in [0.25, 0.3) is 0 Å². The van der Waals surface area contributed by atoms with Gasteiger partial charge in [0, 0.05) is 5.54 Å². The minimum Gasteiger partial charge on any atom is -0.501 e. The first-order valence-corrected chi connectivity index (χ1v) is 6.00. The zero-order valence-corrected chi connectivity index (χ0v) is 11.4. The van der Waals surface area contributed by atoms with Crippen molar-refractivity contribution in [2.24, 2.45) is 0 Å². The van der Waals surface area contributed by atoms with E-state index in [0.717, 1.165) is 18.4 Å². The molecule has 0 rings (SSSR count). The summed E-state index contributed by atoms with van der Waals surface area (Å²) < 4.78 is 5.12. The van der Waals surface area contributed by atoms with Crippen LogP contribution in [0.1, 0.15) is 53.9 Å². The molecule has 0 bridgehead atoms. The highest BCUT2D eigenvalue weighted by atomic mass is 16.5. The zero-order chi connectivity index (χ0) is 12.8. The third-order valence-corrected chi connectivity index (χ3v) is 3.33. The molecule has 1 amide bonds. The number of nitrogens with one attached hydrogen (secondary N) is 1. The quantitative estimate of drug-likeness (QED) is 0.559. The van der Waals surface area contributed by atoms with Crippen LogP contribution in [-0.4, -0.2) is 18.6 Å². The van der Waals surface area contributed by atoms with Crippen molar-refractivity contribution in [1.82, 2.24) is 5.32 Å². The standard InChI is InChI=1S/C13H25NO2/c1-7-11(10(4)16-6)12(15)14-13(5,8-2)9-3/h7-9H2,1-6H3,(H,14,15)/b11-10+. The Labute approximate surface area is 99.3 Å². The lowest BCUT2D eigenvalue weighted by Crippen LogP contribution is -2.45. The highest BCUT2D eigenvalue weighted by Gasteiger charge is 2.24. The molecule has 0 aliphatic rings. The second-order valence-electron chi connectivity index (χ2n) is 4.31. The largest absolute Gasteiger partial charge is 0.501 e. The van der Waals surface area contributed by atoms with Gasteiger partial charge >= 0.3 is 0 Å². The molecule has 0 saturated heterocycles. The molecule has 0 unspecified atom stereocenters. The first-order chi connectivity index (χ1) is 7.44. The van der Waals surface area contributed by atoms with Crippen LogP contribution in [0.3, 0.4) is 0 Å². The number of methoxy groups -OCH3 is 1. The van der Waals surface area contributed by atoms with Gasteiger partial charge in [-0.1, -0.05) is 20.8 Å². The van der Waals surface area contributed by atoms with Crippen LogP contribution in [0.4, 0.5) is 0 Å². The number of rotatable bonds is 6. The number of allylic oxidation sites excluding steroid dienone is 1. The van der Waals surface area contributed by atoms with Crippen LogP contribution in [0, 0.1) is 0 Å². The van der Waals surface area contributed by atoms with E-state index in [9.17, 15) is 4.79 Å². The third kappa shape index (κ3) is 3.87. The fourth-order valence-electron chi connectivity index (χ4n) is 1.47. The molecule has 0 aromatic rings. The predicted octanol–water partition coefficient (Wildman–Crippen LogP) is 3.01. The maximum Gasteiger partial charge on any atom is 0.250 e. The molecule has 0 fully saturated rings. The Balaban J connectivity index is 4.81. The van der Waals surface area contributed by atoms with Crippen molar-refractivity contribution >= 4 is 5.91 Å². The molecule has 3 heteroatoms. The van der Waals surface area contributed by atoms with Crippen molar-refractivity contribution in [3.8, 4) is 0 Å². The summed E-state index contributed by atoms with van der Waals surface area (Å²) in [6.07, 6.45) is 2.55. The minimum atomic E-state index is -0.120. The van der Waals surface area contributed by atoms with E-state index in [-0.39, 0.29) is 11.4 Å². The van der Waals surface area contributed by atoms with E-state index in [4.69, 9.17) is 4.74 Å². The predicted molar refractivity (Wildman–Crippen MR) is 67.1 cm³/mol. The maximum atomic E-state index is 12.1. The average Bonchev–Trinajstić information content (AvgIpc) is 2.29. The van der Waals surface area contributed by atoms with Crippen LogP contribution >= 0.6 is 0 Å². The third-order valence-electron chi connectivity index (χ3n) is 3.33. The Kier molecular flexibility index (Phi) is 6.16. The summed E-state index contributed by atoms with van der Waals surface area (Å²) in [5.41, 5.74) is 0.613. The Morgan fingerprint density at radius 1 is 1.25 bits per heavy atom. The molecule has 16 heavy (non-hydrogen) atoms. The van der Waals surface area contributed by atoms with E-state index in [0.29, 0.717) is 12.2 Å². The molecular weight excluding hydrogens is 202 g/mol. The topological polar surface area (TPSA) is 38.3 Å². The van der Waals surface area contributed by atoms with E-state index >= 15 is 0 Å². The van der Waals surface area contributed by atoms with Crippen molar-refractivity contribution in [3.63, 3.8) is 0 Å². The molecule has 0 aromatic carbocycles. The zero-order valence-electron chi connectivity index (χ0n) is 11.4. The van der Waals surface area contributed by atoms with Crippen molar-refractivity contribution in [1.29, 1.82) is 0 Å². The van der Waals surface area contributed by atoms with Crippen molar-refractivity contribution < 1.29 is 9.53 Å². The van der Waals surface area contributed by atoms with Crippen molar-refractivity contribution in [2.75, 3.05) is 7.11 Å². The van der Waals surface area contributed by atoms with Crippen LogP contribution in [0.2, 0.25) is 0 Å². The van der Waals surface area contributed by atoms with E-state index in [2.05, 4.69) is 26.1 Å². The molecule has 0 aliphatic heterocycles. The number of hydrogen-bond donors (Lipinski definition) is 1. The van der Waals surface area contributed by atoms with Crippen LogP contribution in [0.15, 0.2) is 11.3 Å². The van der Waals surface area contributed by atoms with Crippen LogP contribution in [0.5, 0.6) is 0 Å². The van der Waals surface area contributed by atoms with Gasteiger partial charge in [0.25, 0.3) is 5.91 Å². The first kappa shape index (κ1) is 15.0. The maximum absolute atomic E-state index is 12.1. The highest BCUT2D eigenvalue weighted by molar-refractivity contribution is 5.94. The van der Waals surface area contributed by atoms with E-state index in [1.165, 1.54) is 0 Å². The van der Waals surface area contributed by atoms with Crippen molar-refractivity contribution in [3.05, 3.63) is 11.3 Å². The van der Waals surface area contributed by atoms with Crippen LogP contribution < -0.4 is 5.32 Å². The van der Waals surface area contributed by atoms with Gasteiger partial charge < -0.3 is 10.1 Å². The fourth-order valence-corrected chi connectivity index (χ4v) is 1.47. The number of hydrogen-bond acceptors (Lipinski definition) is 2. The molecule has 94 valence electrons. The van der Waals surface area contributed by atoms with E-state index < -0.39 is 0 Å². The van der Waals surface area contributed by atoms with Gasteiger partial charge in [-0.2, -0.15) is 0 Å². The lowest BCUT2D eigenvalue weighted by atomic mass is 9.94. The Morgan fingerprint density at radius 2 is 1.75 bits per heavy atom. The molecule has 0 atom stereocenters. The molecule has 0 aromatic heterocycles. The Hall–Kier alpha value is -0.990. The molecule has 3 nitrogen and oxygen atoms in total. The average molecular weight is 227 g/mol. The fraction of sp³-hybridized carbons (Fsp3) is 0.769. The first-order valence-electron chi connectivity index (χ1n) is 6.00. The second kappa shape index (κ2) is 6.56. The van der Waals surface area contributed by atoms with Gasteiger partial charge in [0.05, 0.1) is 12.7 Å². The van der Waals surface area contributed by atoms with Crippen molar-refractivity contribution in [2.45, 2.75) is 59.4 Å². The Bertz CT molecular complexity index is 265. The van der Waals surface area contributed by atoms with E-state index in [1.54, 1.807) is 7.11 Å². The van der Waals surface area contributed by atoms with Gasteiger partial charge in [-0.15, -0.1) is 0 Å². The molecule has 0 heterocycles. The summed E-state index contributed by atoms with van der Waals surface area (Å²) in [6.45, 7) is 10.0. The summed E-state index contributed by atoms with van der Waals surface area (Å²) >= 11 is 0. The lowest BCUT2D eigenvalue weighted by Gasteiger charge is -2.29. The summed E-state index contributed by atoms with van der Waals surface area (Å²) in [7, 11) is 1.59. The number of amides is 1. The summed E-state index contributed by atoms with van der Waals surface area (Å²) in [6, 6.07) is 0. The van der Waals surface area contributed by atoms with Gasteiger partial charge in [0.15, 0.2) is 0 Å². The smallest absolute Gasteiger partial charge is 0.250 e. The molecular formula is C13H25NO2.